The highest BCUT2D eigenvalue weighted by Gasteiger charge is 2.35. The number of rotatable bonds is 13. The molecule has 67 heavy (non-hydrogen) atoms. The summed E-state index contributed by atoms with van der Waals surface area (Å²) < 4.78 is 13.1. The zero-order valence-electron chi connectivity index (χ0n) is 39.0. The van der Waals surface area contributed by atoms with Crippen LogP contribution in [0.1, 0.15) is 77.4 Å². The number of thiazole rings is 1. The van der Waals surface area contributed by atoms with E-state index in [0.29, 0.717) is 55.5 Å². The summed E-state index contributed by atoms with van der Waals surface area (Å²) in [6, 6.07) is 19.8. The van der Waals surface area contributed by atoms with E-state index in [4.69, 9.17) is 19.4 Å². The zero-order valence-corrected chi connectivity index (χ0v) is 39.9. The monoisotopic (exact) mass is 933 g/mol. The number of anilines is 1. The number of carboxylic acids is 1. The lowest BCUT2D eigenvalue weighted by atomic mass is 9.93. The summed E-state index contributed by atoms with van der Waals surface area (Å²) in [6.45, 7) is 14.8. The molecule has 5 heterocycles. The Bertz CT molecular complexity index is 2650. The van der Waals surface area contributed by atoms with Crippen LogP contribution < -0.4 is 15.6 Å². The van der Waals surface area contributed by atoms with Crippen LogP contribution in [0.3, 0.4) is 0 Å². The van der Waals surface area contributed by atoms with Gasteiger partial charge in [0.05, 0.1) is 33.6 Å². The van der Waals surface area contributed by atoms with Crippen molar-refractivity contribution in [1.29, 1.82) is 5.26 Å². The normalized spacial score (nSPS) is 16.3. The lowest BCUT2D eigenvalue weighted by Gasteiger charge is -2.35. The Labute approximate surface area is 394 Å². The Morgan fingerprint density at radius 3 is 2.37 bits per heavy atom. The first-order valence-electron chi connectivity index (χ1n) is 22.4. The van der Waals surface area contributed by atoms with E-state index in [9.17, 15) is 34.7 Å². The standard InChI is InChI=1S/C49H59N9O8S/c1-47(2,3)66-45(62)53-37(43(59)57-19-11-14-36(54-57)44(60)61)26-41-52-38(29-67-41)32-15-16-39-34(24-32)35(27-49(6,7)64)42(58(39)48(4,5)30-50)33-17-18-51-40(25-33)55-20-22-56(23-21-55)46(63)65-28-31-12-9-8-10-13-31/h8-10,12-13,15-18,24-25,29,36-37,54,64H,11,14,19-23,26-28H2,1-7H3,(H,53,62)(H,60,61)/t36-,37-/m0/s1. The highest BCUT2D eigenvalue weighted by Crippen LogP contribution is 2.42. The number of aliphatic carboxylic acids is 1. The number of piperazine rings is 1. The fraction of sp³-hybridized carbons (Fsp3) is 0.449. The molecule has 5 aromatic rings. The molecule has 0 bridgehead atoms. The van der Waals surface area contributed by atoms with Gasteiger partial charge in [0.15, 0.2) is 0 Å². The van der Waals surface area contributed by atoms with E-state index >= 15 is 0 Å². The summed E-state index contributed by atoms with van der Waals surface area (Å²) in [6.07, 6.45) is 1.67. The number of hydrogen-bond donors (Lipinski definition) is 4. The first kappa shape index (κ1) is 48.4. The number of alkyl carbamates (subject to hydrolysis) is 1. The highest BCUT2D eigenvalue weighted by atomic mass is 32.1. The lowest BCUT2D eigenvalue weighted by molar-refractivity contribution is -0.147. The Morgan fingerprint density at radius 2 is 1.70 bits per heavy atom. The molecule has 354 valence electrons. The van der Waals surface area contributed by atoms with Crippen LogP contribution in [0.4, 0.5) is 15.4 Å². The maximum absolute atomic E-state index is 13.9. The molecule has 0 unspecified atom stereocenters. The number of hydrogen-bond acceptors (Lipinski definition) is 13. The van der Waals surface area contributed by atoms with Crippen molar-refractivity contribution in [3.05, 3.63) is 88.4 Å². The van der Waals surface area contributed by atoms with Gasteiger partial charge in [0.1, 0.15) is 35.6 Å². The van der Waals surface area contributed by atoms with Crippen LogP contribution in [0, 0.1) is 11.3 Å². The van der Waals surface area contributed by atoms with Crippen molar-refractivity contribution >= 4 is 52.1 Å². The third-order valence-corrected chi connectivity index (χ3v) is 12.4. The van der Waals surface area contributed by atoms with Gasteiger partial charge in [0.25, 0.3) is 5.91 Å². The molecule has 2 aliphatic heterocycles. The first-order valence-corrected chi connectivity index (χ1v) is 23.3. The molecule has 3 aromatic heterocycles. The Balaban J connectivity index is 1.19. The zero-order chi connectivity index (χ0) is 48.3. The van der Waals surface area contributed by atoms with E-state index in [1.165, 1.54) is 16.3 Å². The summed E-state index contributed by atoms with van der Waals surface area (Å²) in [5, 5.41) is 38.9. The molecule has 2 aliphatic rings. The van der Waals surface area contributed by atoms with E-state index in [1.807, 2.05) is 84.5 Å². The fourth-order valence-corrected chi connectivity index (χ4v) is 9.25. The number of fused-ring (bicyclic) bond motifs is 1. The molecule has 0 saturated carbocycles. The van der Waals surface area contributed by atoms with E-state index in [1.54, 1.807) is 45.7 Å². The Hall–Kier alpha value is -6.55. The molecule has 0 aliphatic carbocycles. The number of hydrazine groups is 1. The molecule has 0 spiro atoms. The van der Waals surface area contributed by atoms with Gasteiger partial charge in [0, 0.05) is 73.7 Å². The largest absolute Gasteiger partial charge is 0.480 e. The number of amides is 3. The van der Waals surface area contributed by atoms with Crippen LogP contribution in [-0.2, 0) is 44.1 Å². The maximum Gasteiger partial charge on any atom is 0.410 e. The molecule has 7 rings (SSSR count). The van der Waals surface area contributed by atoms with E-state index in [-0.39, 0.29) is 32.1 Å². The van der Waals surface area contributed by atoms with Crippen molar-refractivity contribution in [2.45, 2.75) is 110 Å². The number of ether oxygens (including phenoxy) is 2. The summed E-state index contributed by atoms with van der Waals surface area (Å²) in [7, 11) is 0. The molecular weight excluding hydrogens is 875 g/mol. The Kier molecular flexibility index (Phi) is 14.3. The second kappa shape index (κ2) is 19.7. The molecule has 2 atom stereocenters. The quantitative estimate of drug-likeness (QED) is 0.0949. The molecule has 3 amide bonds. The fourth-order valence-electron chi connectivity index (χ4n) is 8.40. The first-order chi connectivity index (χ1) is 31.7. The molecule has 2 saturated heterocycles. The van der Waals surface area contributed by atoms with Crippen molar-refractivity contribution < 1.29 is 38.9 Å². The van der Waals surface area contributed by atoms with Crippen LogP contribution in [0.2, 0.25) is 0 Å². The van der Waals surface area contributed by atoms with E-state index in [0.717, 1.165) is 38.9 Å². The summed E-state index contributed by atoms with van der Waals surface area (Å²) in [5.41, 5.74) is 5.24. The predicted octanol–water partition coefficient (Wildman–Crippen LogP) is 6.87. The molecular formula is C49H59N9O8S. The van der Waals surface area contributed by atoms with Gasteiger partial charge in [-0.25, -0.2) is 25.0 Å². The minimum absolute atomic E-state index is 0.0134. The van der Waals surface area contributed by atoms with Crippen molar-refractivity contribution in [3.63, 3.8) is 0 Å². The van der Waals surface area contributed by atoms with Gasteiger partial charge < -0.3 is 39.4 Å². The average Bonchev–Trinajstić information content (AvgIpc) is 3.89. The Morgan fingerprint density at radius 1 is 0.970 bits per heavy atom. The van der Waals surface area contributed by atoms with Gasteiger partial charge in [-0.3, -0.25) is 14.6 Å². The van der Waals surface area contributed by atoms with Crippen LogP contribution in [0.15, 0.2) is 72.2 Å². The van der Waals surface area contributed by atoms with Crippen molar-refractivity contribution in [3.8, 4) is 28.6 Å². The predicted molar refractivity (Wildman–Crippen MR) is 254 cm³/mol. The second-order valence-electron chi connectivity index (χ2n) is 19.2. The summed E-state index contributed by atoms with van der Waals surface area (Å²) >= 11 is 1.32. The van der Waals surface area contributed by atoms with E-state index < -0.39 is 46.8 Å². The van der Waals surface area contributed by atoms with Crippen molar-refractivity contribution in [2.24, 2.45) is 0 Å². The topological polar surface area (TPSA) is 215 Å². The number of nitrogens with one attached hydrogen (secondary N) is 2. The second-order valence-corrected chi connectivity index (χ2v) is 20.1. The minimum Gasteiger partial charge on any atom is -0.480 e. The maximum atomic E-state index is 13.9. The summed E-state index contributed by atoms with van der Waals surface area (Å²) in [5.74, 6) is -0.876. The van der Waals surface area contributed by atoms with Gasteiger partial charge in [0.2, 0.25) is 0 Å². The summed E-state index contributed by atoms with van der Waals surface area (Å²) in [4.78, 5) is 65.2. The third kappa shape index (κ3) is 11.7. The molecule has 2 aromatic carbocycles. The minimum atomic E-state index is -1.15. The number of benzene rings is 2. The van der Waals surface area contributed by atoms with Crippen LogP contribution >= 0.6 is 11.3 Å². The number of carbonyl (C=O) groups excluding carboxylic acids is 3. The van der Waals surface area contributed by atoms with Gasteiger partial charge in [-0.05, 0) is 96.7 Å². The number of aromatic nitrogens is 3. The molecule has 2 fully saturated rings. The average molecular weight is 934 g/mol. The van der Waals surface area contributed by atoms with Gasteiger partial charge in [-0.2, -0.15) is 5.26 Å². The number of carbonyl (C=O) groups is 4. The van der Waals surface area contributed by atoms with Crippen LogP contribution in [0.5, 0.6) is 0 Å². The molecule has 0 radical (unpaired) electrons. The number of pyridine rings is 1. The number of aliphatic hydroxyl groups is 1. The van der Waals surface area contributed by atoms with Crippen LogP contribution in [0.25, 0.3) is 33.4 Å². The molecule has 4 N–H and O–H groups in total. The number of nitrogens with zero attached hydrogens (tertiary/aromatic N) is 7. The lowest BCUT2D eigenvalue weighted by Crippen LogP contribution is -2.60. The SMILES string of the molecule is CC(C)(O)Cc1c(-c2ccnc(N3CCN(C(=O)OCc4ccccc4)CC3)c2)n(C(C)(C)C#N)c2ccc(-c3csc(C[C@H](NC(=O)OC(C)(C)C)C(=O)N4CCC[C@@H](C(=O)O)N4)n3)cc12. The van der Waals surface area contributed by atoms with Crippen molar-refractivity contribution in [2.75, 3.05) is 37.6 Å². The third-order valence-electron chi connectivity index (χ3n) is 11.6. The molecule has 18 heteroatoms. The number of nitriles is 1. The van der Waals surface area contributed by atoms with E-state index in [2.05, 4.69) is 21.7 Å². The van der Waals surface area contributed by atoms with Gasteiger partial charge in [-0.1, -0.05) is 36.4 Å². The highest BCUT2D eigenvalue weighted by molar-refractivity contribution is 7.10. The van der Waals surface area contributed by atoms with Gasteiger partial charge in [-0.15, -0.1) is 11.3 Å². The number of carboxylic acid groups (broad SMARTS) is 1. The van der Waals surface area contributed by atoms with Crippen LogP contribution in [-0.4, -0.2) is 115 Å². The van der Waals surface area contributed by atoms with Gasteiger partial charge >= 0.3 is 18.2 Å². The molecule has 17 nitrogen and oxygen atoms in total. The smallest absolute Gasteiger partial charge is 0.410 e. The van der Waals surface area contributed by atoms with Crippen molar-refractivity contribution in [1.82, 2.24) is 35.2 Å².